The standard InChI is InChI=1S/C18H12F5NO5S/c1-8-4-9(2-3-14(8)29-18(21,22)23)16-11(7-28-17(16)25)10-5-13(20)15(6-12(10)19)30(24,26)27/h2-6H,7H2,1H3,(H2,24,26,27). The molecule has 3 rings (SSSR count). The summed E-state index contributed by atoms with van der Waals surface area (Å²) in [5.74, 6) is -3.94. The molecule has 0 amide bonds. The summed E-state index contributed by atoms with van der Waals surface area (Å²) in [6.07, 6.45) is -4.92. The minimum absolute atomic E-state index is 0.0209. The Hall–Kier alpha value is -2.99. The van der Waals surface area contributed by atoms with Gasteiger partial charge in [0.05, 0.1) is 5.57 Å². The number of rotatable bonds is 4. The van der Waals surface area contributed by atoms with Crippen molar-refractivity contribution >= 4 is 27.1 Å². The second-order valence-corrected chi connectivity index (χ2v) is 7.80. The molecule has 160 valence electrons. The second-order valence-electron chi connectivity index (χ2n) is 6.27. The number of carbonyl (C=O) groups is 1. The van der Waals surface area contributed by atoms with Crippen molar-refractivity contribution in [2.24, 2.45) is 5.14 Å². The van der Waals surface area contributed by atoms with Crippen molar-refractivity contribution in [3.8, 4) is 5.75 Å². The van der Waals surface area contributed by atoms with Crippen LogP contribution in [0.1, 0.15) is 16.7 Å². The van der Waals surface area contributed by atoms with Crippen molar-refractivity contribution in [3.05, 3.63) is 58.7 Å². The molecule has 0 spiro atoms. The molecular formula is C18H12F5NO5S. The van der Waals surface area contributed by atoms with E-state index in [2.05, 4.69) is 4.74 Å². The van der Waals surface area contributed by atoms with Crippen molar-refractivity contribution < 1.29 is 44.6 Å². The molecule has 2 aromatic carbocycles. The summed E-state index contributed by atoms with van der Waals surface area (Å²) in [6, 6.07) is 4.22. The zero-order valence-corrected chi connectivity index (χ0v) is 15.8. The van der Waals surface area contributed by atoms with E-state index in [0.717, 1.165) is 12.1 Å². The number of carbonyl (C=O) groups excluding carboxylic acids is 1. The monoisotopic (exact) mass is 449 g/mol. The molecule has 2 N–H and O–H groups in total. The molecule has 12 heteroatoms. The fraction of sp³-hybridized carbons (Fsp3) is 0.167. The van der Waals surface area contributed by atoms with Crippen LogP contribution >= 0.6 is 0 Å². The van der Waals surface area contributed by atoms with Crippen LogP contribution in [0.25, 0.3) is 11.1 Å². The van der Waals surface area contributed by atoms with Gasteiger partial charge in [0, 0.05) is 11.1 Å². The maximum Gasteiger partial charge on any atom is 0.573 e. The van der Waals surface area contributed by atoms with Gasteiger partial charge in [0.1, 0.15) is 28.9 Å². The van der Waals surface area contributed by atoms with Crippen LogP contribution in [0.3, 0.4) is 0 Å². The molecule has 0 fully saturated rings. The van der Waals surface area contributed by atoms with Gasteiger partial charge in [-0.25, -0.2) is 27.1 Å². The Balaban J connectivity index is 2.14. The molecular weight excluding hydrogens is 437 g/mol. The number of cyclic esters (lactones) is 1. The van der Waals surface area contributed by atoms with Crippen LogP contribution < -0.4 is 9.88 Å². The highest BCUT2D eigenvalue weighted by Gasteiger charge is 2.33. The lowest BCUT2D eigenvalue weighted by molar-refractivity contribution is -0.274. The molecule has 0 bridgehead atoms. The summed E-state index contributed by atoms with van der Waals surface area (Å²) in [4.78, 5) is 11.1. The first-order valence-electron chi connectivity index (χ1n) is 8.07. The van der Waals surface area contributed by atoms with Crippen molar-refractivity contribution in [2.45, 2.75) is 18.2 Å². The third-order valence-electron chi connectivity index (χ3n) is 4.20. The quantitative estimate of drug-likeness (QED) is 0.571. The lowest BCUT2D eigenvalue weighted by Crippen LogP contribution is -2.17. The van der Waals surface area contributed by atoms with Gasteiger partial charge in [0.15, 0.2) is 0 Å². The summed E-state index contributed by atoms with van der Waals surface area (Å²) in [5.41, 5.74) is -0.670. The lowest BCUT2D eigenvalue weighted by Gasteiger charge is -2.13. The summed E-state index contributed by atoms with van der Waals surface area (Å²) in [6.45, 7) is 0.839. The summed E-state index contributed by atoms with van der Waals surface area (Å²) in [7, 11) is -4.53. The predicted octanol–water partition coefficient (Wildman–Crippen LogP) is 3.29. The molecule has 0 radical (unpaired) electrons. The molecule has 1 heterocycles. The van der Waals surface area contributed by atoms with Crippen LogP contribution in [0.2, 0.25) is 0 Å². The average Bonchev–Trinajstić information content (AvgIpc) is 2.97. The number of hydrogen-bond acceptors (Lipinski definition) is 5. The molecule has 0 saturated carbocycles. The van der Waals surface area contributed by atoms with Gasteiger partial charge in [0.25, 0.3) is 0 Å². The Morgan fingerprint density at radius 1 is 1.10 bits per heavy atom. The van der Waals surface area contributed by atoms with Crippen LogP contribution in [-0.4, -0.2) is 27.4 Å². The SMILES string of the molecule is Cc1cc(C2=C(c3cc(F)c(S(N)(=O)=O)cc3F)COC2=O)ccc1OC(F)(F)F. The molecule has 0 atom stereocenters. The minimum atomic E-state index is -4.92. The molecule has 0 aliphatic carbocycles. The number of alkyl halides is 3. The van der Waals surface area contributed by atoms with Gasteiger partial charge in [-0.1, -0.05) is 6.07 Å². The van der Waals surface area contributed by atoms with Crippen molar-refractivity contribution in [1.82, 2.24) is 0 Å². The Bertz CT molecular complexity index is 1190. The first-order chi connectivity index (χ1) is 13.8. The average molecular weight is 449 g/mol. The van der Waals surface area contributed by atoms with E-state index in [1.165, 1.54) is 13.0 Å². The van der Waals surface area contributed by atoms with Crippen LogP contribution in [0.4, 0.5) is 22.0 Å². The normalized spacial score (nSPS) is 14.8. The number of primary sulfonamides is 1. The number of benzene rings is 2. The highest BCUT2D eigenvalue weighted by Crippen LogP contribution is 2.37. The van der Waals surface area contributed by atoms with Gasteiger partial charge in [-0.2, -0.15) is 0 Å². The molecule has 30 heavy (non-hydrogen) atoms. The highest BCUT2D eigenvalue weighted by molar-refractivity contribution is 7.89. The Morgan fingerprint density at radius 2 is 1.77 bits per heavy atom. The Labute approximate surface area is 166 Å². The van der Waals surface area contributed by atoms with Gasteiger partial charge in [-0.3, -0.25) is 0 Å². The number of halogens is 5. The van der Waals surface area contributed by atoms with Crippen molar-refractivity contribution in [2.75, 3.05) is 6.61 Å². The maximum absolute atomic E-state index is 14.5. The number of nitrogens with two attached hydrogens (primary N) is 1. The summed E-state index contributed by atoms with van der Waals surface area (Å²) < 4.78 is 97.4. The van der Waals surface area contributed by atoms with E-state index in [0.29, 0.717) is 12.1 Å². The highest BCUT2D eigenvalue weighted by atomic mass is 32.2. The maximum atomic E-state index is 14.5. The predicted molar refractivity (Wildman–Crippen MR) is 93.4 cm³/mol. The van der Waals surface area contributed by atoms with Crippen molar-refractivity contribution in [1.29, 1.82) is 0 Å². The summed E-state index contributed by atoms with van der Waals surface area (Å²) >= 11 is 0. The molecule has 2 aromatic rings. The number of esters is 1. The fourth-order valence-corrected chi connectivity index (χ4v) is 3.53. The minimum Gasteiger partial charge on any atom is -0.457 e. The van der Waals surface area contributed by atoms with E-state index in [9.17, 15) is 35.2 Å². The number of sulfonamides is 1. The van der Waals surface area contributed by atoms with Gasteiger partial charge in [-0.05, 0) is 42.3 Å². The van der Waals surface area contributed by atoms with E-state index < -0.39 is 56.8 Å². The number of aryl methyl sites for hydroxylation is 1. The van der Waals surface area contributed by atoms with Crippen molar-refractivity contribution in [3.63, 3.8) is 0 Å². The second kappa shape index (κ2) is 7.36. The van der Waals surface area contributed by atoms with Crippen LogP contribution in [-0.2, 0) is 19.6 Å². The third-order valence-corrected chi connectivity index (χ3v) is 5.12. The Morgan fingerprint density at radius 3 is 2.33 bits per heavy atom. The summed E-state index contributed by atoms with van der Waals surface area (Å²) in [5, 5.41) is 4.83. The van der Waals surface area contributed by atoms with Crippen LogP contribution in [0.5, 0.6) is 5.75 Å². The fourth-order valence-electron chi connectivity index (χ4n) is 2.93. The largest absolute Gasteiger partial charge is 0.573 e. The van der Waals surface area contributed by atoms with E-state index in [-0.39, 0.29) is 22.3 Å². The molecule has 0 aromatic heterocycles. The molecule has 1 aliphatic heterocycles. The molecule has 0 saturated heterocycles. The smallest absolute Gasteiger partial charge is 0.457 e. The van der Waals surface area contributed by atoms with Crippen LogP contribution in [0, 0.1) is 18.6 Å². The van der Waals surface area contributed by atoms with E-state index in [1.54, 1.807) is 0 Å². The first kappa shape index (κ1) is 21.7. The number of hydrogen-bond donors (Lipinski definition) is 1. The number of ether oxygens (including phenoxy) is 2. The molecule has 0 unspecified atom stereocenters. The topological polar surface area (TPSA) is 95.7 Å². The van der Waals surface area contributed by atoms with Gasteiger partial charge in [0.2, 0.25) is 10.0 Å². The third kappa shape index (κ3) is 4.28. The van der Waals surface area contributed by atoms with Gasteiger partial charge in [-0.15, -0.1) is 13.2 Å². The zero-order valence-electron chi connectivity index (χ0n) is 15.0. The van der Waals surface area contributed by atoms with Gasteiger partial charge < -0.3 is 9.47 Å². The van der Waals surface area contributed by atoms with Gasteiger partial charge >= 0.3 is 12.3 Å². The van der Waals surface area contributed by atoms with Crippen LogP contribution in [0.15, 0.2) is 35.2 Å². The zero-order chi connectivity index (χ0) is 22.4. The Kier molecular flexibility index (Phi) is 5.33. The van der Waals surface area contributed by atoms with E-state index >= 15 is 0 Å². The first-order valence-corrected chi connectivity index (χ1v) is 9.62. The van der Waals surface area contributed by atoms with E-state index in [1.807, 2.05) is 0 Å². The molecule has 6 nitrogen and oxygen atoms in total. The molecule has 1 aliphatic rings. The van der Waals surface area contributed by atoms with E-state index in [4.69, 9.17) is 9.88 Å². The lowest BCUT2D eigenvalue weighted by atomic mass is 9.95.